The van der Waals surface area contributed by atoms with E-state index in [4.69, 9.17) is 0 Å². The van der Waals surface area contributed by atoms with Gasteiger partial charge in [-0.2, -0.15) is 15.0 Å². The van der Waals surface area contributed by atoms with E-state index in [0.29, 0.717) is 23.9 Å². The molecule has 2 heterocycles. The van der Waals surface area contributed by atoms with Gasteiger partial charge in [-0.15, -0.1) is 0 Å². The summed E-state index contributed by atoms with van der Waals surface area (Å²) >= 11 is 0. The third-order valence-electron chi connectivity index (χ3n) is 3.72. The molecule has 1 aromatic heterocycles. The largest absolute Gasteiger partial charge is 0.354 e. The van der Waals surface area contributed by atoms with Crippen LogP contribution >= 0.6 is 0 Å². The van der Waals surface area contributed by atoms with Crippen molar-refractivity contribution in [2.75, 3.05) is 56.3 Å². The van der Waals surface area contributed by atoms with Gasteiger partial charge < -0.3 is 20.4 Å². The van der Waals surface area contributed by atoms with Crippen molar-refractivity contribution in [2.24, 2.45) is 0 Å². The molecule has 1 unspecified atom stereocenters. The summed E-state index contributed by atoms with van der Waals surface area (Å²) in [6, 6.07) is 0.566. The molecule has 21 heavy (non-hydrogen) atoms. The zero-order chi connectivity index (χ0) is 15.2. The van der Waals surface area contributed by atoms with Gasteiger partial charge in [-0.3, -0.25) is 0 Å². The van der Waals surface area contributed by atoms with Crippen molar-refractivity contribution < 1.29 is 0 Å². The first kappa shape index (κ1) is 15.8. The maximum absolute atomic E-state index is 4.46. The summed E-state index contributed by atoms with van der Waals surface area (Å²) in [5, 5.41) is 6.59. The van der Waals surface area contributed by atoms with E-state index in [1.807, 2.05) is 19.0 Å². The van der Waals surface area contributed by atoms with Gasteiger partial charge in [0.25, 0.3) is 0 Å². The first-order valence-electron chi connectivity index (χ1n) is 7.71. The predicted octanol–water partition coefficient (Wildman–Crippen LogP) is 1.27. The summed E-state index contributed by atoms with van der Waals surface area (Å²) in [6.07, 6.45) is 3.54. The normalized spacial score (nSPS) is 18.8. The second-order valence-corrected chi connectivity index (χ2v) is 5.76. The highest BCUT2D eigenvalue weighted by Gasteiger charge is 2.20. The number of anilines is 3. The topological polar surface area (TPSA) is 69.2 Å². The minimum atomic E-state index is 0.566. The Morgan fingerprint density at radius 1 is 1.19 bits per heavy atom. The Bertz CT molecular complexity index is 449. The fraction of sp³-hybridized carbons (Fsp3) is 0.786. The highest BCUT2D eigenvalue weighted by Crippen LogP contribution is 2.16. The third kappa shape index (κ3) is 4.42. The SMILES string of the molecule is CCCNc1nc(NCC2CCCN2C)nc(N(C)C)n1. The molecule has 1 aliphatic rings. The Balaban J connectivity index is 2.04. The molecule has 0 saturated carbocycles. The van der Waals surface area contributed by atoms with Crippen LogP contribution in [0.3, 0.4) is 0 Å². The lowest BCUT2D eigenvalue weighted by molar-refractivity contribution is 0.322. The van der Waals surface area contributed by atoms with Gasteiger partial charge in [0.1, 0.15) is 0 Å². The quantitative estimate of drug-likeness (QED) is 0.784. The summed E-state index contributed by atoms with van der Waals surface area (Å²) in [4.78, 5) is 17.6. The minimum Gasteiger partial charge on any atom is -0.354 e. The molecule has 0 bridgehead atoms. The summed E-state index contributed by atoms with van der Waals surface area (Å²) in [6.45, 7) is 5.04. The number of hydrogen-bond donors (Lipinski definition) is 2. The van der Waals surface area contributed by atoms with Crippen LogP contribution in [-0.4, -0.2) is 66.7 Å². The standard InChI is InChI=1S/C14H27N7/c1-5-8-15-12-17-13(19-14(18-12)20(2)3)16-10-11-7-6-9-21(11)4/h11H,5-10H2,1-4H3,(H2,15,16,17,18,19). The van der Waals surface area contributed by atoms with Gasteiger partial charge in [-0.25, -0.2) is 0 Å². The molecule has 0 spiro atoms. The number of likely N-dealkylation sites (N-methyl/N-ethyl adjacent to an activating group) is 1. The van der Waals surface area contributed by atoms with Crippen molar-refractivity contribution in [3.05, 3.63) is 0 Å². The van der Waals surface area contributed by atoms with Gasteiger partial charge >= 0.3 is 0 Å². The fourth-order valence-corrected chi connectivity index (χ4v) is 2.41. The van der Waals surface area contributed by atoms with Crippen molar-refractivity contribution in [1.29, 1.82) is 0 Å². The van der Waals surface area contributed by atoms with Gasteiger partial charge in [0.15, 0.2) is 0 Å². The van der Waals surface area contributed by atoms with E-state index in [9.17, 15) is 0 Å². The average Bonchev–Trinajstić information content (AvgIpc) is 2.88. The molecule has 1 fully saturated rings. The lowest BCUT2D eigenvalue weighted by Gasteiger charge is -2.20. The third-order valence-corrected chi connectivity index (χ3v) is 3.72. The highest BCUT2D eigenvalue weighted by molar-refractivity contribution is 5.43. The fourth-order valence-electron chi connectivity index (χ4n) is 2.41. The van der Waals surface area contributed by atoms with Crippen LogP contribution in [0.25, 0.3) is 0 Å². The molecule has 118 valence electrons. The molecule has 0 radical (unpaired) electrons. The van der Waals surface area contributed by atoms with E-state index in [-0.39, 0.29) is 0 Å². The van der Waals surface area contributed by atoms with Crippen LogP contribution in [0.1, 0.15) is 26.2 Å². The average molecular weight is 293 g/mol. The number of rotatable bonds is 7. The van der Waals surface area contributed by atoms with Gasteiger partial charge in [0.2, 0.25) is 17.8 Å². The van der Waals surface area contributed by atoms with E-state index >= 15 is 0 Å². The predicted molar refractivity (Wildman–Crippen MR) is 87.1 cm³/mol. The van der Waals surface area contributed by atoms with E-state index in [2.05, 4.69) is 44.5 Å². The zero-order valence-corrected chi connectivity index (χ0v) is 13.6. The second kappa shape index (κ2) is 7.40. The minimum absolute atomic E-state index is 0.566. The molecular formula is C14H27N7. The first-order valence-corrected chi connectivity index (χ1v) is 7.71. The Hall–Kier alpha value is -1.63. The van der Waals surface area contributed by atoms with Crippen molar-refractivity contribution in [2.45, 2.75) is 32.2 Å². The Morgan fingerprint density at radius 3 is 2.48 bits per heavy atom. The Kier molecular flexibility index (Phi) is 5.55. The highest BCUT2D eigenvalue weighted by atomic mass is 15.3. The van der Waals surface area contributed by atoms with Crippen LogP contribution in [0.2, 0.25) is 0 Å². The molecule has 0 aromatic carbocycles. The number of likely N-dealkylation sites (tertiary alicyclic amines) is 1. The Morgan fingerprint density at radius 2 is 1.90 bits per heavy atom. The molecule has 7 nitrogen and oxygen atoms in total. The molecule has 1 saturated heterocycles. The van der Waals surface area contributed by atoms with Crippen molar-refractivity contribution in [1.82, 2.24) is 19.9 Å². The molecule has 1 atom stereocenters. The molecule has 0 aliphatic carbocycles. The van der Waals surface area contributed by atoms with E-state index in [1.165, 1.54) is 19.4 Å². The number of aromatic nitrogens is 3. The van der Waals surface area contributed by atoms with Crippen molar-refractivity contribution in [3.63, 3.8) is 0 Å². The number of nitrogens with zero attached hydrogens (tertiary/aromatic N) is 5. The van der Waals surface area contributed by atoms with E-state index in [1.54, 1.807) is 0 Å². The van der Waals surface area contributed by atoms with Crippen molar-refractivity contribution >= 4 is 17.8 Å². The lowest BCUT2D eigenvalue weighted by atomic mass is 10.2. The first-order chi connectivity index (χ1) is 10.1. The maximum Gasteiger partial charge on any atom is 0.231 e. The molecule has 1 aliphatic heterocycles. The summed E-state index contributed by atoms with van der Waals surface area (Å²) in [5.74, 6) is 1.95. The van der Waals surface area contributed by atoms with E-state index in [0.717, 1.165) is 19.5 Å². The maximum atomic E-state index is 4.46. The van der Waals surface area contributed by atoms with Gasteiger partial charge in [-0.05, 0) is 32.9 Å². The molecule has 2 N–H and O–H groups in total. The van der Waals surface area contributed by atoms with Crippen LogP contribution in [0, 0.1) is 0 Å². The van der Waals surface area contributed by atoms with Crippen LogP contribution in [0.5, 0.6) is 0 Å². The van der Waals surface area contributed by atoms with Crippen LogP contribution < -0.4 is 15.5 Å². The summed E-state index contributed by atoms with van der Waals surface area (Å²) < 4.78 is 0. The lowest BCUT2D eigenvalue weighted by Crippen LogP contribution is -2.32. The van der Waals surface area contributed by atoms with Gasteiger partial charge in [0, 0.05) is 33.2 Å². The Labute approximate surface area is 127 Å². The van der Waals surface area contributed by atoms with Crippen molar-refractivity contribution in [3.8, 4) is 0 Å². The molecule has 1 aromatic rings. The molecule has 0 amide bonds. The van der Waals surface area contributed by atoms with Gasteiger partial charge in [0.05, 0.1) is 0 Å². The molecule has 2 rings (SSSR count). The number of nitrogens with one attached hydrogen (secondary N) is 2. The smallest absolute Gasteiger partial charge is 0.231 e. The van der Waals surface area contributed by atoms with Crippen LogP contribution in [-0.2, 0) is 0 Å². The monoisotopic (exact) mass is 293 g/mol. The summed E-state index contributed by atoms with van der Waals surface area (Å²) in [5.41, 5.74) is 0. The van der Waals surface area contributed by atoms with E-state index < -0.39 is 0 Å². The van der Waals surface area contributed by atoms with Gasteiger partial charge in [-0.1, -0.05) is 6.92 Å². The number of hydrogen-bond acceptors (Lipinski definition) is 7. The second-order valence-electron chi connectivity index (χ2n) is 5.76. The van der Waals surface area contributed by atoms with Crippen LogP contribution in [0.4, 0.5) is 17.8 Å². The molecule has 7 heteroatoms. The van der Waals surface area contributed by atoms with Crippen LogP contribution in [0.15, 0.2) is 0 Å². The zero-order valence-electron chi connectivity index (χ0n) is 13.6. The summed E-state index contributed by atoms with van der Waals surface area (Å²) in [7, 11) is 6.05. The molecular weight excluding hydrogens is 266 g/mol.